The highest BCUT2D eigenvalue weighted by Crippen LogP contribution is 2.03. The molecule has 1 aliphatic rings. The number of carboxylic acid groups (broad SMARTS) is 1. The maximum atomic E-state index is 11.6. The molecule has 116 valence electrons. The number of amides is 2. The average Bonchev–Trinajstić information content (AvgIpc) is 2.44. The number of ether oxygens (including phenoxy) is 2. The molecule has 2 amide bonds. The van der Waals surface area contributed by atoms with Gasteiger partial charge in [0.25, 0.3) is 0 Å². The molecule has 0 radical (unpaired) electrons. The van der Waals surface area contributed by atoms with E-state index in [2.05, 4.69) is 22.5 Å². The summed E-state index contributed by atoms with van der Waals surface area (Å²) in [4.78, 5) is 24.7. The molecule has 1 rings (SSSR count). The molecule has 0 aromatic carbocycles. The second kappa shape index (κ2) is 8.72. The predicted octanol–water partition coefficient (Wildman–Crippen LogP) is -0.894. The van der Waals surface area contributed by atoms with Crippen molar-refractivity contribution in [3.8, 4) is 0 Å². The van der Waals surface area contributed by atoms with Crippen molar-refractivity contribution in [1.29, 1.82) is 0 Å². The highest BCUT2D eigenvalue weighted by Gasteiger charge is 2.22. The maximum Gasteiger partial charge on any atom is 0.328 e. The van der Waals surface area contributed by atoms with Crippen molar-refractivity contribution < 1.29 is 24.2 Å². The molecule has 0 aromatic rings. The number of methoxy groups -OCH3 is 1. The number of nitrogens with one attached hydrogen (secondary N) is 2. The van der Waals surface area contributed by atoms with Crippen LogP contribution in [0.3, 0.4) is 0 Å². The number of morpholine rings is 1. The SMILES string of the molecule is CCN1CCOC(CNC(=O)NC(COC)C(=O)O)C1. The first-order valence-corrected chi connectivity index (χ1v) is 6.66. The van der Waals surface area contributed by atoms with Gasteiger partial charge in [-0.25, -0.2) is 9.59 Å². The van der Waals surface area contributed by atoms with E-state index in [-0.39, 0.29) is 12.7 Å². The zero-order chi connectivity index (χ0) is 15.0. The third-order valence-corrected chi connectivity index (χ3v) is 3.10. The van der Waals surface area contributed by atoms with Crippen LogP contribution in [-0.2, 0) is 14.3 Å². The third-order valence-electron chi connectivity index (χ3n) is 3.10. The maximum absolute atomic E-state index is 11.6. The number of rotatable bonds is 7. The lowest BCUT2D eigenvalue weighted by Gasteiger charge is -2.32. The summed E-state index contributed by atoms with van der Waals surface area (Å²) in [5, 5.41) is 13.8. The van der Waals surface area contributed by atoms with Crippen molar-refractivity contribution in [2.45, 2.75) is 19.1 Å². The lowest BCUT2D eigenvalue weighted by molar-refractivity contribution is -0.140. The Labute approximate surface area is 118 Å². The van der Waals surface area contributed by atoms with Gasteiger partial charge in [-0.1, -0.05) is 6.92 Å². The fourth-order valence-corrected chi connectivity index (χ4v) is 1.95. The van der Waals surface area contributed by atoms with Crippen LogP contribution in [0.4, 0.5) is 4.79 Å². The molecule has 0 bridgehead atoms. The van der Waals surface area contributed by atoms with Crippen LogP contribution in [0.1, 0.15) is 6.92 Å². The zero-order valence-corrected chi connectivity index (χ0v) is 11.9. The van der Waals surface area contributed by atoms with Gasteiger partial charge in [0.2, 0.25) is 0 Å². The molecule has 2 atom stereocenters. The summed E-state index contributed by atoms with van der Waals surface area (Å²) in [7, 11) is 1.38. The highest BCUT2D eigenvalue weighted by molar-refractivity contribution is 5.82. The Morgan fingerprint density at radius 2 is 2.30 bits per heavy atom. The van der Waals surface area contributed by atoms with Crippen LogP contribution in [0.25, 0.3) is 0 Å². The number of carbonyl (C=O) groups is 2. The van der Waals surface area contributed by atoms with E-state index in [4.69, 9.17) is 14.6 Å². The normalized spacial score (nSPS) is 21.2. The van der Waals surface area contributed by atoms with Crippen LogP contribution in [0.15, 0.2) is 0 Å². The van der Waals surface area contributed by atoms with Gasteiger partial charge in [0, 0.05) is 26.7 Å². The minimum atomic E-state index is -1.13. The Morgan fingerprint density at radius 3 is 2.90 bits per heavy atom. The van der Waals surface area contributed by atoms with E-state index in [0.29, 0.717) is 13.2 Å². The van der Waals surface area contributed by atoms with Crippen molar-refractivity contribution in [2.75, 3.05) is 46.5 Å². The Kier molecular flexibility index (Phi) is 7.27. The van der Waals surface area contributed by atoms with E-state index in [1.165, 1.54) is 7.11 Å². The Morgan fingerprint density at radius 1 is 1.55 bits per heavy atom. The lowest BCUT2D eigenvalue weighted by Crippen LogP contribution is -2.52. The van der Waals surface area contributed by atoms with Gasteiger partial charge >= 0.3 is 12.0 Å². The van der Waals surface area contributed by atoms with Gasteiger partial charge in [0.05, 0.1) is 19.3 Å². The quantitative estimate of drug-likeness (QED) is 0.562. The van der Waals surface area contributed by atoms with Crippen LogP contribution in [-0.4, -0.2) is 80.7 Å². The van der Waals surface area contributed by atoms with Gasteiger partial charge in [-0.3, -0.25) is 4.90 Å². The molecule has 1 aliphatic heterocycles. The molecule has 1 heterocycles. The number of nitrogens with zero attached hydrogens (tertiary/aromatic N) is 1. The number of carbonyl (C=O) groups excluding carboxylic acids is 1. The minimum absolute atomic E-state index is 0.0693. The van der Waals surface area contributed by atoms with Gasteiger partial charge in [-0.15, -0.1) is 0 Å². The highest BCUT2D eigenvalue weighted by atomic mass is 16.5. The molecule has 20 heavy (non-hydrogen) atoms. The predicted molar refractivity (Wildman–Crippen MR) is 71.7 cm³/mol. The summed E-state index contributed by atoms with van der Waals surface area (Å²) in [6.07, 6.45) is -0.0693. The van der Waals surface area contributed by atoms with E-state index in [9.17, 15) is 9.59 Å². The van der Waals surface area contributed by atoms with Crippen LogP contribution >= 0.6 is 0 Å². The number of hydrogen-bond donors (Lipinski definition) is 3. The van der Waals surface area contributed by atoms with E-state index in [1.54, 1.807) is 0 Å². The number of carboxylic acids is 1. The first-order valence-electron chi connectivity index (χ1n) is 6.66. The largest absolute Gasteiger partial charge is 0.480 e. The van der Waals surface area contributed by atoms with Crippen LogP contribution in [0.5, 0.6) is 0 Å². The van der Waals surface area contributed by atoms with E-state index < -0.39 is 18.0 Å². The smallest absolute Gasteiger partial charge is 0.328 e. The number of hydrogen-bond acceptors (Lipinski definition) is 5. The fraction of sp³-hybridized carbons (Fsp3) is 0.833. The third kappa shape index (κ3) is 5.72. The van der Waals surface area contributed by atoms with Gasteiger partial charge < -0.3 is 25.2 Å². The van der Waals surface area contributed by atoms with Crippen molar-refractivity contribution >= 4 is 12.0 Å². The van der Waals surface area contributed by atoms with Gasteiger partial charge in [0.1, 0.15) is 0 Å². The Hall–Kier alpha value is -1.38. The van der Waals surface area contributed by atoms with Crippen molar-refractivity contribution in [3.05, 3.63) is 0 Å². The Balaban J connectivity index is 2.29. The molecule has 8 nitrogen and oxygen atoms in total. The molecular formula is C12H23N3O5. The molecule has 0 spiro atoms. The summed E-state index contributed by atoms with van der Waals surface area (Å²) in [5.74, 6) is -1.13. The van der Waals surface area contributed by atoms with Crippen molar-refractivity contribution in [2.24, 2.45) is 0 Å². The molecule has 0 aromatic heterocycles. The molecule has 3 N–H and O–H groups in total. The zero-order valence-electron chi connectivity index (χ0n) is 11.9. The standard InChI is InChI=1S/C12H23N3O5/c1-3-15-4-5-20-9(7-15)6-13-12(18)14-10(8-19-2)11(16)17/h9-10H,3-8H2,1-2H3,(H,16,17)(H2,13,14,18). The van der Waals surface area contributed by atoms with Crippen LogP contribution < -0.4 is 10.6 Å². The fourth-order valence-electron chi connectivity index (χ4n) is 1.95. The lowest BCUT2D eigenvalue weighted by atomic mass is 10.2. The molecule has 0 saturated carbocycles. The van der Waals surface area contributed by atoms with Crippen LogP contribution in [0.2, 0.25) is 0 Å². The Bertz CT molecular complexity index is 326. The summed E-state index contributed by atoms with van der Waals surface area (Å²) < 4.78 is 10.3. The minimum Gasteiger partial charge on any atom is -0.480 e. The van der Waals surface area contributed by atoms with E-state index in [0.717, 1.165) is 19.6 Å². The second-order valence-electron chi connectivity index (χ2n) is 4.59. The second-order valence-corrected chi connectivity index (χ2v) is 4.59. The van der Waals surface area contributed by atoms with Crippen molar-refractivity contribution in [1.82, 2.24) is 15.5 Å². The van der Waals surface area contributed by atoms with E-state index in [1.807, 2.05) is 0 Å². The molecular weight excluding hydrogens is 266 g/mol. The number of urea groups is 1. The summed E-state index contributed by atoms with van der Waals surface area (Å²) in [5.41, 5.74) is 0. The van der Waals surface area contributed by atoms with Crippen LogP contribution in [0, 0.1) is 0 Å². The first-order chi connectivity index (χ1) is 9.56. The van der Waals surface area contributed by atoms with Gasteiger partial charge in [-0.2, -0.15) is 0 Å². The van der Waals surface area contributed by atoms with Gasteiger partial charge in [-0.05, 0) is 6.54 Å². The van der Waals surface area contributed by atoms with E-state index >= 15 is 0 Å². The molecule has 1 saturated heterocycles. The van der Waals surface area contributed by atoms with Gasteiger partial charge in [0.15, 0.2) is 6.04 Å². The monoisotopic (exact) mass is 289 g/mol. The molecule has 0 aliphatic carbocycles. The first kappa shape index (κ1) is 16.7. The molecule has 8 heteroatoms. The summed E-state index contributed by atoms with van der Waals surface area (Å²) >= 11 is 0. The van der Waals surface area contributed by atoms with Crippen molar-refractivity contribution in [3.63, 3.8) is 0 Å². The number of aliphatic carboxylic acids is 1. The molecule has 2 unspecified atom stereocenters. The summed E-state index contributed by atoms with van der Waals surface area (Å²) in [6.45, 7) is 5.59. The molecule has 1 fully saturated rings. The number of likely N-dealkylation sites (N-methyl/N-ethyl adjacent to an activating group) is 1. The summed E-state index contributed by atoms with van der Waals surface area (Å²) in [6, 6.07) is -1.59. The topological polar surface area (TPSA) is 100 Å². The average molecular weight is 289 g/mol.